The second kappa shape index (κ2) is 5.49. The molecule has 0 aliphatic carbocycles. The Hall–Kier alpha value is -1.41. The fraction of sp³-hybridized carbons (Fsp3) is 0.438. The van der Waals surface area contributed by atoms with Crippen LogP contribution < -0.4 is 0 Å². The Kier molecular flexibility index (Phi) is 3.97. The average molecular weight is 243 g/mol. The summed E-state index contributed by atoms with van der Waals surface area (Å²) in [4.78, 5) is 4.54. The van der Waals surface area contributed by atoms with Gasteiger partial charge in [-0.1, -0.05) is 32.0 Å². The van der Waals surface area contributed by atoms with Crippen LogP contribution in [0, 0.1) is 12.8 Å². The zero-order valence-electron chi connectivity index (χ0n) is 11.4. The van der Waals surface area contributed by atoms with E-state index in [0.29, 0.717) is 5.92 Å². The summed E-state index contributed by atoms with van der Waals surface area (Å²) in [5.74, 6) is 0.319. The van der Waals surface area contributed by atoms with Crippen LogP contribution in [0.3, 0.4) is 0 Å². The average Bonchev–Trinajstić information content (AvgIpc) is 2.35. The highest BCUT2D eigenvalue weighted by Crippen LogP contribution is 2.21. The monoisotopic (exact) mass is 243 g/mol. The number of rotatable bonds is 4. The van der Waals surface area contributed by atoms with Gasteiger partial charge >= 0.3 is 0 Å². The molecule has 2 aromatic rings. The number of fused-ring (bicyclic) bond motifs is 1. The molecule has 0 fully saturated rings. The minimum Gasteiger partial charge on any atom is -0.393 e. The Morgan fingerprint density at radius 3 is 2.67 bits per heavy atom. The smallest absolute Gasteiger partial charge is 0.0707 e. The number of benzene rings is 1. The number of nitrogens with zero attached hydrogens (tertiary/aromatic N) is 1. The second-order valence-electron chi connectivity index (χ2n) is 5.29. The van der Waals surface area contributed by atoms with E-state index in [1.54, 1.807) is 0 Å². The third-order valence-corrected chi connectivity index (χ3v) is 3.41. The molecule has 0 spiro atoms. The molecule has 18 heavy (non-hydrogen) atoms. The SMILES string of the molecule is Cc1cc(CCC(O)C(C)C)c2ccccc2n1. The van der Waals surface area contributed by atoms with Crippen molar-refractivity contribution < 1.29 is 5.11 Å². The third kappa shape index (κ3) is 2.88. The first kappa shape index (κ1) is 13.0. The molecule has 0 saturated heterocycles. The molecule has 2 nitrogen and oxygen atoms in total. The largest absolute Gasteiger partial charge is 0.393 e. The standard InChI is InChI=1S/C16H21NO/c1-11(2)16(18)9-8-13-10-12(3)17-15-7-5-4-6-14(13)15/h4-7,10-11,16,18H,8-9H2,1-3H3. The van der Waals surface area contributed by atoms with Crippen molar-refractivity contribution in [3.8, 4) is 0 Å². The van der Waals surface area contributed by atoms with Crippen molar-refractivity contribution in [1.82, 2.24) is 4.98 Å². The maximum Gasteiger partial charge on any atom is 0.0707 e. The van der Waals surface area contributed by atoms with E-state index in [4.69, 9.17) is 0 Å². The second-order valence-corrected chi connectivity index (χ2v) is 5.29. The molecule has 0 saturated carbocycles. The van der Waals surface area contributed by atoms with E-state index in [1.807, 2.05) is 25.1 Å². The Morgan fingerprint density at radius 2 is 1.94 bits per heavy atom. The number of aryl methyl sites for hydroxylation is 2. The lowest BCUT2D eigenvalue weighted by Crippen LogP contribution is -2.15. The molecule has 1 heterocycles. The number of hydrogen-bond donors (Lipinski definition) is 1. The van der Waals surface area contributed by atoms with Crippen LogP contribution in [0.5, 0.6) is 0 Å². The molecular weight excluding hydrogens is 222 g/mol. The maximum atomic E-state index is 9.91. The van der Waals surface area contributed by atoms with Gasteiger partial charge in [-0.05, 0) is 43.4 Å². The van der Waals surface area contributed by atoms with Gasteiger partial charge in [-0.15, -0.1) is 0 Å². The maximum absolute atomic E-state index is 9.91. The van der Waals surface area contributed by atoms with Crippen molar-refractivity contribution in [2.75, 3.05) is 0 Å². The first-order valence-corrected chi connectivity index (χ1v) is 6.61. The van der Waals surface area contributed by atoms with E-state index < -0.39 is 0 Å². The van der Waals surface area contributed by atoms with Crippen molar-refractivity contribution in [2.24, 2.45) is 5.92 Å². The molecule has 1 atom stereocenters. The van der Waals surface area contributed by atoms with E-state index in [-0.39, 0.29) is 6.10 Å². The van der Waals surface area contributed by atoms with Gasteiger partial charge in [0.05, 0.1) is 11.6 Å². The Labute approximate surface area is 109 Å². The summed E-state index contributed by atoms with van der Waals surface area (Å²) in [6, 6.07) is 10.3. The number of para-hydroxylation sites is 1. The first-order valence-electron chi connectivity index (χ1n) is 6.61. The summed E-state index contributed by atoms with van der Waals surface area (Å²) in [5.41, 5.74) is 3.38. The summed E-state index contributed by atoms with van der Waals surface area (Å²) in [5, 5.41) is 11.1. The Balaban J connectivity index is 2.27. The zero-order chi connectivity index (χ0) is 13.1. The van der Waals surface area contributed by atoms with Crippen LogP contribution in [0.25, 0.3) is 10.9 Å². The van der Waals surface area contributed by atoms with Crippen molar-refractivity contribution in [1.29, 1.82) is 0 Å². The van der Waals surface area contributed by atoms with Crippen LogP contribution in [0.2, 0.25) is 0 Å². The molecule has 2 heteroatoms. The fourth-order valence-electron chi connectivity index (χ4n) is 2.24. The Morgan fingerprint density at radius 1 is 1.22 bits per heavy atom. The molecule has 0 amide bonds. The number of aliphatic hydroxyl groups excluding tert-OH is 1. The van der Waals surface area contributed by atoms with Gasteiger partial charge in [-0.3, -0.25) is 4.98 Å². The molecule has 0 bridgehead atoms. The van der Waals surface area contributed by atoms with Gasteiger partial charge < -0.3 is 5.11 Å². The first-order chi connectivity index (χ1) is 8.58. The van der Waals surface area contributed by atoms with E-state index in [0.717, 1.165) is 24.1 Å². The van der Waals surface area contributed by atoms with E-state index in [9.17, 15) is 5.11 Å². The molecule has 0 radical (unpaired) electrons. The number of hydrogen-bond acceptors (Lipinski definition) is 2. The van der Waals surface area contributed by atoms with Gasteiger partial charge in [0.1, 0.15) is 0 Å². The minimum absolute atomic E-state index is 0.225. The summed E-state index contributed by atoms with van der Waals surface area (Å²) in [6.45, 7) is 6.13. The predicted molar refractivity (Wildman–Crippen MR) is 75.6 cm³/mol. The van der Waals surface area contributed by atoms with Crippen molar-refractivity contribution in [3.63, 3.8) is 0 Å². The summed E-state index contributed by atoms with van der Waals surface area (Å²) < 4.78 is 0. The van der Waals surface area contributed by atoms with Gasteiger partial charge in [-0.25, -0.2) is 0 Å². The van der Waals surface area contributed by atoms with Crippen LogP contribution >= 0.6 is 0 Å². The third-order valence-electron chi connectivity index (χ3n) is 3.41. The number of aromatic nitrogens is 1. The van der Waals surface area contributed by atoms with Crippen molar-refractivity contribution >= 4 is 10.9 Å². The topological polar surface area (TPSA) is 33.1 Å². The summed E-state index contributed by atoms with van der Waals surface area (Å²) in [7, 11) is 0. The van der Waals surface area contributed by atoms with E-state index >= 15 is 0 Å². The van der Waals surface area contributed by atoms with Gasteiger partial charge in [0.2, 0.25) is 0 Å². The van der Waals surface area contributed by atoms with Gasteiger partial charge in [0.15, 0.2) is 0 Å². The van der Waals surface area contributed by atoms with Gasteiger partial charge in [0.25, 0.3) is 0 Å². The predicted octanol–water partition coefficient (Wildman–Crippen LogP) is 3.49. The lowest BCUT2D eigenvalue weighted by molar-refractivity contribution is 0.116. The highest BCUT2D eigenvalue weighted by Gasteiger charge is 2.10. The van der Waals surface area contributed by atoms with Crippen molar-refractivity contribution in [2.45, 2.75) is 39.7 Å². The van der Waals surface area contributed by atoms with Gasteiger partial charge in [0, 0.05) is 11.1 Å². The molecule has 1 unspecified atom stereocenters. The fourth-order valence-corrected chi connectivity index (χ4v) is 2.24. The molecule has 1 aromatic carbocycles. The lowest BCUT2D eigenvalue weighted by Gasteiger charge is -2.15. The van der Waals surface area contributed by atoms with Crippen LogP contribution in [-0.2, 0) is 6.42 Å². The van der Waals surface area contributed by atoms with E-state index in [1.165, 1.54) is 10.9 Å². The molecule has 96 valence electrons. The quantitative estimate of drug-likeness (QED) is 0.891. The molecular formula is C16H21NO. The molecule has 1 N–H and O–H groups in total. The van der Waals surface area contributed by atoms with Crippen LogP contribution in [0.1, 0.15) is 31.5 Å². The lowest BCUT2D eigenvalue weighted by atomic mass is 9.97. The number of pyridine rings is 1. The van der Waals surface area contributed by atoms with E-state index in [2.05, 4.69) is 31.0 Å². The summed E-state index contributed by atoms with van der Waals surface area (Å²) in [6.07, 6.45) is 1.49. The van der Waals surface area contributed by atoms with Gasteiger partial charge in [-0.2, -0.15) is 0 Å². The van der Waals surface area contributed by atoms with Crippen LogP contribution in [-0.4, -0.2) is 16.2 Å². The van der Waals surface area contributed by atoms with Crippen LogP contribution in [0.15, 0.2) is 30.3 Å². The molecule has 2 rings (SSSR count). The zero-order valence-corrected chi connectivity index (χ0v) is 11.4. The molecule has 0 aliphatic rings. The number of aliphatic hydroxyl groups is 1. The molecule has 1 aromatic heterocycles. The highest BCUT2D eigenvalue weighted by atomic mass is 16.3. The minimum atomic E-state index is -0.225. The molecule has 0 aliphatic heterocycles. The Bertz CT molecular complexity index is 534. The van der Waals surface area contributed by atoms with Crippen LogP contribution in [0.4, 0.5) is 0 Å². The normalized spacial score (nSPS) is 13.2. The summed E-state index contributed by atoms with van der Waals surface area (Å²) >= 11 is 0. The van der Waals surface area contributed by atoms with Crippen molar-refractivity contribution in [3.05, 3.63) is 41.6 Å². The highest BCUT2D eigenvalue weighted by molar-refractivity contribution is 5.82.